The number of carbonyl (C=O) groups is 5. The van der Waals surface area contributed by atoms with E-state index in [4.69, 9.17) is 10.5 Å². The van der Waals surface area contributed by atoms with Gasteiger partial charge >= 0.3 is 12.1 Å². The maximum Gasteiger partial charge on any atom is 0.408 e. The maximum absolute atomic E-state index is 13.9. The first-order chi connectivity index (χ1) is 16.8. The number of primary amides is 1. The van der Waals surface area contributed by atoms with Crippen molar-refractivity contribution in [1.29, 1.82) is 0 Å². The lowest BCUT2D eigenvalue weighted by Crippen LogP contribution is -2.54. The van der Waals surface area contributed by atoms with Crippen LogP contribution in [-0.2, 0) is 28.7 Å². The lowest BCUT2D eigenvalue weighted by molar-refractivity contribution is -0.145. The smallest absolute Gasteiger partial charge is 0.408 e. The summed E-state index contributed by atoms with van der Waals surface area (Å²) in [6.45, 7) is 6.50. The number of carbonyl (C=O) groups excluding carboxylic acids is 5. The number of methoxy groups -OCH3 is 1. The zero-order valence-electron chi connectivity index (χ0n) is 21.5. The van der Waals surface area contributed by atoms with Gasteiger partial charge in [-0.25, -0.2) is 4.79 Å². The van der Waals surface area contributed by atoms with Crippen LogP contribution >= 0.6 is 0 Å². The molecule has 2 rings (SSSR count). The fourth-order valence-corrected chi connectivity index (χ4v) is 3.68. The minimum absolute atomic E-state index is 0.0686. The van der Waals surface area contributed by atoms with Crippen molar-refractivity contribution in [2.75, 3.05) is 13.7 Å². The third-order valence-electron chi connectivity index (χ3n) is 5.51. The molecular formula is C25H36N4O7. The van der Waals surface area contributed by atoms with Gasteiger partial charge in [0.2, 0.25) is 17.7 Å². The molecule has 2 atom stereocenters. The SMILES string of the molecule is COC(=O)CNC(=O)C(c1ccccc1C)N(C(=O)C(CCC(N)=O)NC(=O)OC(C)(C)C)C1CC1. The van der Waals surface area contributed by atoms with Gasteiger partial charge in [-0.2, -0.15) is 0 Å². The average molecular weight is 505 g/mol. The molecule has 0 heterocycles. The summed E-state index contributed by atoms with van der Waals surface area (Å²) in [5, 5.41) is 5.09. The predicted molar refractivity (Wildman–Crippen MR) is 130 cm³/mol. The van der Waals surface area contributed by atoms with E-state index in [0.717, 1.165) is 5.56 Å². The number of ether oxygens (including phenoxy) is 2. The second-order valence-electron chi connectivity index (χ2n) is 9.73. The molecule has 36 heavy (non-hydrogen) atoms. The number of hydrogen-bond donors (Lipinski definition) is 3. The van der Waals surface area contributed by atoms with Crippen molar-refractivity contribution in [2.45, 2.75) is 77.1 Å². The normalized spacial score (nSPS) is 14.7. The van der Waals surface area contributed by atoms with Crippen LogP contribution in [0.1, 0.15) is 63.6 Å². The Hall–Kier alpha value is -3.63. The first kappa shape index (κ1) is 28.6. The minimum atomic E-state index is -1.16. The lowest BCUT2D eigenvalue weighted by Gasteiger charge is -2.35. The van der Waals surface area contributed by atoms with Gasteiger partial charge in [-0.05, 0) is 58.1 Å². The van der Waals surface area contributed by atoms with E-state index in [2.05, 4.69) is 15.4 Å². The number of nitrogens with zero attached hydrogens (tertiary/aromatic N) is 1. The van der Waals surface area contributed by atoms with Crippen LogP contribution in [-0.4, -0.2) is 66.0 Å². The van der Waals surface area contributed by atoms with Gasteiger partial charge in [-0.1, -0.05) is 24.3 Å². The van der Waals surface area contributed by atoms with Crippen LogP contribution in [0, 0.1) is 6.92 Å². The molecule has 2 unspecified atom stereocenters. The molecule has 0 radical (unpaired) electrons. The van der Waals surface area contributed by atoms with Gasteiger partial charge in [0.25, 0.3) is 0 Å². The molecule has 1 aromatic rings. The number of hydrogen-bond acceptors (Lipinski definition) is 7. The molecule has 1 aliphatic rings. The number of nitrogens with two attached hydrogens (primary N) is 1. The summed E-state index contributed by atoms with van der Waals surface area (Å²) in [7, 11) is 1.21. The van der Waals surface area contributed by atoms with E-state index in [1.54, 1.807) is 32.9 Å². The Labute approximate surface area is 211 Å². The van der Waals surface area contributed by atoms with Gasteiger partial charge in [0.05, 0.1) is 7.11 Å². The van der Waals surface area contributed by atoms with Crippen LogP contribution in [0.2, 0.25) is 0 Å². The van der Waals surface area contributed by atoms with Crippen LogP contribution in [0.15, 0.2) is 24.3 Å². The molecule has 0 saturated heterocycles. The Kier molecular flexibility index (Phi) is 9.83. The fraction of sp³-hybridized carbons (Fsp3) is 0.560. The molecule has 1 fully saturated rings. The topological polar surface area (TPSA) is 157 Å². The molecule has 198 valence electrons. The Bertz CT molecular complexity index is 985. The summed E-state index contributed by atoms with van der Waals surface area (Å²) in [5.41, 5.74) is 5.84. The Morgan fingerprint density at radius 3 is 2.31 bits per heavy atom. The molecule has 4 amide bonds. The van der Waals surface area contributed by atoms with Crippen molar-refractivity contribution in [1.82, 2.24) is 15.5 Å². The highest BCUT2D eigenvalue weighted by atomic mass is 16.6. The largest absolute Gasteiger partial charge is 0.468 e. The predicted octanol–water partition coefficient (Wildman–Crippen LogP) is 1.48. The zero-order valence-corrected chi connectivity index (χ0v) is 21.5. The second-order valence-corrected chi connectivity index (χ2v) is 9.73. The molecule has 1 saturated carbocycles. The van der Waals surface area contributed by atoms with E-state index in [0.29, 0.717) is 18.4 Å². The Morgan fingerprint density at radius 2 is 1.78 bits per heavy atom. The van der Waals surface area contributed by atoms with Crippen molar-refractivity contribution in [3.05, 3.63) is 35.4 Å². The summed E-state index contributed by atoms with van der Waals surface area (Å²) in [5.74, 6) is -2.39. The van der Waals surface area contributed by atoms with E-state index in [-0.39, 0.29) is 25.4 Å². The van der Waals surface area contributed by atoms with E-state index in [1.807, 2.05) is 19.1 Å². The molecule has 11 nitrogen and oxygen atoms in total. The van der Waals surface area contributed by atoms with Crippen molar-refractivity contribution >= 4 is 29.8 Å². The van der Waals surface area contributed by atoms with Crippen LogP contribution < -0.4 is 16.4 Å². The molecule has 0 aromatic heterocycles. The van der Waals surface area contributed by atoms with E-state index in [9.17, 15) is 24.0 Å². The third-order valence-corrected chi connectivity index (χ3v) is 5.51. The lowest BCUT2D eigenvalue weighted by atomic mass is 9.97. The quantitative estimate of drug-likeness (QED) is 0.385. The molecule has 0 aliphatic heterocycles. The van der Waals surface area contributed by atoms with Crippen LogP contribution in [0.3, 0.4) is 0 Å². The second kappa shape index (κ2) is 12.4. The molecule has 11 heteroatoms. The van der Waals surface area contributed by atoms with Crippen LogP contribution in [0.4, 0.5) is 4.79 Å². The Balaban J connectivity index is 2.44. The summed E-state index contributed by atoms with van der Waals surface area (Å²) < 4.78 is 9.92. The van der Waals surface area contributed by atoms with Crippen molar-refractivity contribution in [3.63, 3.8) is 0 Å². The fourth-order valence-electron chi connectivity index (χ4n) is 3.68. The maximum atomic E-state index is 13.9. The number of aryl methyl sites for hydroxylation is 1. The van der Waals surface area contributed by atoms with Gasteiger partial charge in [0.1, 0.15) is 24.2 Å². The van der Waals surface area contributed by atoms with Gasteiger partial charge in [-0.3, -0.25) is 19.2 Å². The number of alkyl carbamates (subject to hydrolysis) is 1. The molecule has 4 N–H and O–H groups in total. The molecule has 1 aliphatic carbocycles. The monoisotopic (exact) mass is 504 g/mol. The molecule has 0 bridgehead atoms. The molecular weight excluding hydrogens is 468 g/mol. The number of amides is 4. The summed E-state index contributed by atoms with van der Waals surface area (Å²) in [4.78, 5) is 64.4. The standard InChI is InChI=1S/C25H36N4O7/c1-15-8-6-7-9-17(15)21(22(32)27-14-20(31)35-5)29(16-10-11-16)23(33)18(12-13-19(26)30)28-24(34)36-25(2,3)4/h6-9,16,18,21H,10-14H2,1-5H3,(H2,26,30)(H,27,32)(H,28,34). The zero-order chi connectivity index (χ0) is 27.0. The highest BCUT2D eigenvalue weighted by molar-refractivity contribution is 5.94. The highest BCUT2D eigenvalue weighted by Gasteiger charge is 2.44. The summed E-state index contributed by atoms with van der Waals surface area (Å²) in [6.07, 6.45) is 0.263. The third kappa shape index (κ3) is 8.54. The van der Waals surface area contributed by atoms with Crippen molar-refractivity contribution in [2.24, 2.45) is 5.73 Å². The first-order valence-electron chi connectivity index (χ1n) is 11.8. The summed E-state index contributed by atoms with van der Waals surface area (Å²) >= 11 is 0. The van der Waals surface area contributed by atoms with E-state index in [1.165, 1.54) is 12.0 Å². The van der Waals surface area contributed by atoms with Crippen LogP contribution in [0.25, 0.3) is 0 Å². The number of nitrogens with one attached hydrogen (secondary N) is 2. The Morgan fingerprint density at radius 1 is 1.14 bits per heavy atom. The van der Waals surface area contributed by atoms with Gasteiger partial charge < -0.3 is 30.7 Å². The van der Waals surface area contributed by atoms with Gasteiger partial charge in [0.15, 0.2) is 0 Å². The number of rotatable bonds is 11. The van der Waals surface area contributed by atoms with Crippen LogP contribution in [0.5, 0.6) is 0 Å². The van der Waals surface area contributed by atoms with Crippen molar-refractivity contribution in [3.8, 4) is 0 Å². The molecule has 0 spiro atoms. The minimum Gasteiger partial charge on any atom is -0.468 e. The highest BCUT2D eigenvalue weighted by Crippen LogP contribution is 2.36. The average Bonchev–Trinajstić information content (AvgIpc) is 3.62. The number of benzene rings is 1. The van der Waals surface area contributed by atoms with Gasteiger partial charge in [-0.15, -0.1) is 0 Å². The van der Waals surface area contributed by atoms with Crippen molar-refractivity contribution < 1.29 is 33.4 Å². The molecule has 1 aromatic carbocycles. The van der Waals surface area contributed by atoms with E-state index < -0.39 is 47.5 Å². The summed E-state index contributed by atoms with van der Waals surface area (Å²) in [6, 6.07) is 4.62. The van der Waals surface area contributed by atoms with Gasteiger partial charge in [0, 0.05) is 12.5 Å². The van der Waals surface area contributed by atoms with E-state index >= 15 is 0 Å². The number of esters is 1. The first-order valence-corrected chi connectivity index (χ1v) is 11.8.